The molecular weight excluding hydrogens is 613 g/mol. The Labute approximate surface area is 271 Å². The van der Waals surface area contributed by atoms with Crippen molar-refractivity contribution in [2.45, 2.75) is 65.3 Å². The number of nitrogens with zero attached hydrogens (tertiary/aromatic N) is 5. The zero-order chi connectivity index (χ0) is 32.8. The van der Waals surface area contributed by atoms with Gasteiger partial charge in [0.05, 0.1) is 5.69 Å². The summed E-state index contributed by atoms with van der Waals surface area (Å²) < 4.78 is 42.7. The first kappa shape index (κ1) is 33.1. The lowest BCUT2D eigenvalue weighted by Gasteiger charge is -2.37. The Balaban J connectivity index is 1.14. The molecule has 1 N–H and O–H groups in total. The Morgan fingerprint density at radius 1 is 1.11 bits per heavy atom. The van der Waals surface area contributed by atoms with E-state index in [4.69, 9.17) is 0 Å². The summed E-state index contributed by atoms with van der Waals surface area (Å²) >= 11 is 1.62. The normalized spacial score (nSPS) is 16.2. The van der Waals surface area contributed by atoms with E-state index in [1.54, 1.807) is 11.8 Å². The predicted octanol–water partition coefficient (Wildman–Crippen LogP) is 8.29. The zero-order valence-corrected chi connectivity index (χ0v) is 27.0. The van der Waals surface area contributed by atoms with Gasteiger partial charge in [-0.3, -0.25) is 0 Å². The molecule has 0 saturated carbocycles. The fourth-order valence-corrected chi connectivity index (χ4v) is 6.72. The Morgan fingerprint density at radius 2 is 1.85 bits per heavy atom. The number of benzene rings is 3. The summed E-state index contributed by atoms with van der Waals surface area (Å²) in [6.07, 6.45) is -0.702. The van der Waals surface area contributed by atoms with Crippen LogP contribution < -0.4 is 15.0 Å². The third-order valence-electron chi connectivity index (χ3n) is 7.71. The molecule has 0 radical (unpaired) electrons. The van der Waals surface area contributed by atoms with Crippen molar-refractivity contribution in [2.24, 2.45) is 4.99 Å². The number of thioether (sulfide) groups is 1. The van der Waals surface area contributed by atoms with Gasteiger partial charge in [-0.25, -0.2) is 14.5 Å². The van der Waals surface area contributed by atoms with Gasteiger partial charge >= 0.3 is 12.4 Å². The number of ether oxygens (including phenoxy) is 1. The van der Waals surface area contributed by atoms with E-state index in [2.05, 4.69) is 75.9 Å². The molecular formula is C34H37F3N6O2S. The first-order chi connectivity index (χ1) is 22.0. The number of rotatable bonds is 9. The number of hydrogen-bond acceptors (Lipinski definition) is 5. The number of carbonyl (C=O) groups excluding carboxylic acids is 1. The van der Waals surface area contributed by atoms with Gasteiger partial charge in [-0.1, -0.05) is 62.0 Å². The van der Waals surface area contributed by atoms with Crippen LogP contribution in [0.4, 0.5) is 23.7 Å². The second-order valence-electron chi connectivity index (χ2n) is 11.5. The first-order valence-corrected chi connectivity index (χ1v) is 16.2. The van der Waals surface area contributed by atoms with Crippen molar-refractivity contribution in [1.82, 2.24) is 20.1 Å². The molecule has 0 aliphatic carbocycles. The fraction of sp³-hybridized carbons (Fsp3) is 0.353. The topological polar surface area (TPSA) is 84.6 Å². The van der Waals surface area contributed by atoms with Gasteiger partial charge in [-0.05, 0) is 86.1 Å². The molecule has 1 atom stereocenters. The smallest absolute Gasteiger partial charge is 0.406 e. The van der Waals surface area contributed by atoms with Gasteiger partial charge < -0.3 is 15.0 Å². The second kappa shape index (κ2) is 14.4. The van der Waals surface area contributed by atoms with Crippen LogP contribution in [0.15, 0.2) is 78.0 Å². The monoisotopic (exact) mass is 650 g/mol. The van der Waals surface area contributed by atoms with Crippen molar-refractivity contribution in [3.8, 4) is 22.8 Å². The largest absolute Gasteiger partial charge is 0.573 e. The maximum atomic E-state index is 12.9. The first-order valence-electron chi connectivity index (χ1n) is 15.2. The number of anilines is 1. The van der Waals surface area contributed by atoms with Gasteiger partial charge in [0, 0.05) is 29.6 Å². The number of alkyl halides is 3. The lowest BCUT2D eigenvalue weighted by Crippen LogP contribution is -2.43. The molecule has 3 aromatic carbocycles. The molecule has 5 rings (SSSR count). The third-order valence-corrected chi connectivity index (χ3v) is 8.69. The lowest BCUT2D eigenvalue weighted by molar-refractivity contribution is -0.274. The molecule has 1 aliphatic rings. The lowest BCUT2D eigenvalue weighted by atomic mass is 9.95. The van der Waals surface area contributed by atoms with Crippen LogP contribution in [0.2, 0.25) is 0 Å². The molecule has 1 aromatic heterocycles. The van der Waals surface area contributed by atoms with Crippen LogP contribution in [0.5, 0.6) is 5.75 Å². The van der Waals surface area contributed by atoms with Gasteiger partial charge in [0.25, 0.3) is 0 Å². The number of carbonyl (C=O) groups is 1. The minimum Gasteiger partial charge on any atom is -0.406 e. The van der Waals surface area contributed by atoms with E-state index < -0.39 is 6.36 Å². The van der Waals surface area contributed by atoms with E-state index in [9.17, 15) is 18.0 Å². The summed E-state index contributed by atoms with van der Waals surface area (Å²) in [5.41, 5.74) is 6.12. The van der Waals surface area contributed by atoms with Gasteiger partial charge in [0.15, 0.2) is 11.0 Å². The van der Waals surface area contributed by atoms with E-state index in [1.807, 2.05) is 24.3 Å². The standard InChI is InChI=1S/C34H37F3N6O2S/c1-22(2)30-23(3)7-5-9-29(30)43-24(4)18-20-46-33(43)40-32(44)38-19-6-8-25-10-12-26(13-11-25)31-39-21-42(41-31)27-14-16-28(17-15-27)45-34(35,36)37/h5,7,9-17,21-22,24H,6,8,18-20H2,1-4H3,(H,38,44)/b40-33-. The van der Waals surface area contributed by atoms with Crippen LogP contribution in [-0.2, 0) is 6.42 Å². The molecule has 0 spiro atoms. The average molecular weight is 651 g/mol. The summed E-state index contributed by atoms with van der Waals surface area (Å²) in [7, 11) is 0. The zero-order valence-electron chi connectivity index (χ0n) is 26.2. The highest BCUT2D eigenvalue weighted by Crippen LogP contribution is 2.36. The highest BCUT2D eigenvalue weighted by molar-refractivity contribution is 8.14. The highest BCUT2D eigenvalue weighted by Gasteiger charge is 2.31. The van der Waals surface area contributed by atoms with E-state index in [1.165, 1.54) is 46.4 Å². The summed E-state index contributed by atoms with van der Waals surface area (Å²) in [6, 6.07) is 19.5. The second-order valence-corrected chi connectivity index (χ2v) is 12.6. The molecule has 2 amide bonds. The summed E-state index contributed by atoms with van der Waals surface area (Å²) in [5, 5.41) is 8.14. The number of amidine groups is 1. The number of amides is 2. The molecule has 8 nitrogen and oxygen atoms in total. The Bertz CT molecular complexity index is 1670. The van der Waals surface area contributed by atoms with E-state index in [0.717, 1.165) is 47.0 Å². The number of halogens is 3. The molecule has 242 valence electrons. The van der Waals surface area contributed by atoms with Crippen molar-refractivity contribution >= 4 is 28.6 Å². The van der Waals surface area contributed by atoms with Crippen molar-refractivity contribution in [1.29, 1.82) is 0 Å². The van der Waals surface area contributed by atoms with Crippen LogP contribution >= 0.6 is 11.8 Å². The molecule has 12 heteroatoms. The Morgan fingerprint density at radius 3 is 2.54 bits per heavy atom. The van der Waals surface area contributed by atoms with Crippen molar-refractivity contribution < 1.29 is 22.7 Å². The average Bonchev–Trinajstić information content (AvgIpc) is 3.49. The molecule has 1 saturated heterocycles. The number of urea groups is 1. The molecule has 46 heavy (non-hydrogen) atoms. The molecule has 4 aromatic rings. The Kier molecular flexibility index (Phi) is 10.4. The van der Waals surface area contributed by atoms with Gasteiger partial charge in [0.1, 0.15) is 12.1 Å². The highest BCUT2D eigenvalue weighted by atomic mass is 32.2. The number of aliphatic imine (C=N–C) groups is 1. The number of hydrogen-bond donors (Lipinski definition) is 1. The molecule has 1 unspecified atom stereocenters. The van der Waals surface area contributed by atoms with Crippen molar-refractivity contribution in [3.63, 3.8) is 0 Å². The minimum atomic E-state index is -4.74. The summed E-state index contributed by atoms with van der Waals surface area (Å²) in [4.78, 5) is 23.9. The minimum absolute atomic E-state index is 0.243. The molecule has 2 heterocycles. The van der Waals surface area contributed by atoms with Crippen LogP contribution in [0.3, 0.4) is 0 Å². The molecule has 1 aliphatic heterocycles. The maximum absolute atomic E-state index is 12.9. The fourth-order valence-electron chi connectivity index (χ4n) is 5.52. The predicted molar refractivity (Wildman–Crippen MR) is 177 cm³/mol. The number of aryl methyl sites for hydroxylation is 2. The molecule has 1 fully saturated rings. The van der Waals surface area contributed by atoms with Gasteiger partial charge in [0.2, 0.25) is 0 Å². The van der Waals surface area contributed by atoms with Crippen molar-refractivity contribution in [2.75, 3.05) is 17.2 Å². The van der Waals surface area contributed by atoms with Crippen LogP contribution in [0, 0.1) is 6.92 Å². The van der Waals surface area contributed by atoms with E-state index in [-0.39, 0.29) is 17.8 Å². The van der Waals surface area contributed by atoms with Crippen LogP contribution in [0.1, 0.15) is 56.2 Å². The number of nitrogens with one attached hydrogen (secondary N) is 1. The van der Waals surface area contributed by atoms with E-state index >= 15 is 0 Å². The van der Waals surface area contributed by atoms with E-state index in [0.29, 0.717) is 24.0 Å². The van der Waals surface area contributed by atoms with Gasteiger partial charge in [-0.2, -0.15) is 4.99 Å². The maximum Gasteiger partial charge on any atom is 0.573 e. The summed E-state index contributed by atoms with van der Waals surface area (Å²) in [5.74, 6) is 1.46. The summed E-state index contributed by atoms with van der Waals surface area (Å²) in [6.45, 7) is 9.21. The Hall–Kier alpha value is -4.32. The van der Waals surface area contributed by atoms with Crippen molar-refractivity contribution in [3.05, 3.63) is 89.7 Å². The van der Waals surface area contributed by atoms with Crippen LogP contribution in [0.25, 0.3) is 17.1 Å². The quantitative estimate of drug-likeness (QED) is 0.184. The van der Waals surface area contributed by atoms with Gasteiger partial charge in [-0.15, -0.1) is 18.3 Å². The number of aromatic nitrogens is 3. The van der Waals surface area contributed by atoms with Crippen LogP contribution in [-0.4, -0.2) is 50.7 Å². The molecule has 0 bridgehead atoms. The third kappa shape index (κ3) is 8.28. The SMILES string of the molecule is Cc1cccc(N2/C(=N/C(=O)NCCCc3ccc(-c4ncn(-c5ccc(OC(F)(F)F)cc5)n4)cc3)SCCC2C)c1C(C)C.